The third-order valence-electron chi connectivity index (χ3n) is 3.65. The molecule has 2 aromatic carbocycles. The van der Waals surface area contributed by atoms with Crippen molar-refractivity contribution in [2.24, 2.45) is 4.99 Å². The second kappa shape index (κ2) is 6.42. The predicted octanol–water partition coefficient (Wildman–Crippen LogP) is 4.50. The lowest BCUT2D eigenvalue weighted by Gasteiger charge is -2.07. The highest BCUT2D eigenvalue weighted by molar-refractivity contribution is 8.18. The fourth-order valence-corrected chi connectivity index (χ4v) is 3.47. The lowest BCUT2D eigenvalue weighted by atomic mass is 9.99. The van der Waals surface area contributed by atoms with Crippen molar-refractivity contribution in [3.05, 3.63) is 69.6 Å². The lowest BCUT2D eigenvalue weighted by molar-refractivity contribution is -0.115. The monoisotopic (exact) mass is 322 g/mol. The van der Waals surface area contributed by atoms with Gasteiger partial charge in [0.1, 0.15) is 0 Å². The van der Waals surface area contributed by atoms with Crippen molar-refractivity contribution in [2.75, 3.05) is 0 Å². The second-order valence-corrected chi connectivity index (χ2v) is 6.66. The summed E-state index contributed by atoms with van der Waals surface area (Å²) >= 11 is 1.38. The molecule has 2 aromatic rings. The number of aliphatic imine (C=N–C) groups is 1. The number of thioether (sulfide) groups is 1. The number of rotatable bonds is 2. The topological polar surface area (TPSA) is 41.5 Å². The smallest absolute Gasteiger partial charge is 0.264 e. The van der Waals surface area contributed by atoms with Gasteiger partial charge in [0.05, 0.1) is 10.6 Å². The number of benzene rings is 2. The summed E-state index contributed by atoms with van der Waals surface area (Å²) in [6.45, 7) is 6.23. The van der Waals surface area contributed by atoms with Gasteiger partial charge in [-0.05, 0) is 67.4 Å². The molecule has 0 aromatic heterocycles. The zero-order valence-corrected chi connectivity index (χ0v) is 14.2. The van der Waals surface area contributed by atoms with Gasteiger partial charge in [-0.2, -0.15) is 0 Å². The van der Waals surface area contributed by atoms with Crippen LogP contribution in [0.4, 0.5) is 5.69 Å². The third kappa shape index (κ3) is 3.54. The summed E-state index contributed by atoms with van der Waals surface area (Å²) in [7, 11) is 0. The van der Waals surface area contributed by atoms with Crippen molar-refractivity contribution in [2.45, 2.75) is 20.8 Å². The Morgan fingerprint density at radius 3 is 2.35 bits per heavy atom. The lowest BCUT2D eigenvalue weighted by Crippen LogP contribution is -2.19. The molecule has 1 aliphatic heterocycles. The summed E-state index contributed by atoms with van der Waals surface area (Å²) in [6, 6.07) is 13.9. The van der Waals surface area contributed by atoms with E-state index >= 15 is 0 Å². The molecule has 1 amide bonds. The van der Waals surface area contributed by atoms with Crippen LogP contribution < -0.4 is 5.32 Å². The highest BCUT2D eigenvalue weighted by Gasteiger charge is 2.24. The molecule has 1 heterocycles. The van der Waals surface area contributed by atoms with Crippen molar-refractivity contribution in [3.8, 4) is 0 Å². The molecule has 0 bridgehead atoms. The van der Waals surface area contributed by atoms with E-state index in [0.29, 0.717) is 10.1 Å². The van der Waals surface area contributed by atoms with Crippen LogP contribution in [0.2, 0.25) is 0 Å². The minimum atomic E-state index is -0.0935. The van der Waals surface area contributed by atoms with Crippen molar-refractivity contribution in [1.82, 2.24) is 5.32 Å². The van der Waals surface area contributed by atoms with Gasteiger partial charge < -0.3 is 5.32 Å². The summed E-state index contributed by atoms with van der Waals surface area (Å²) in [6.07, 6.45) is 1.96. The summed E-state index contributed by atoms with van der Waals surface area (Å²) in [5.74, 6) is -0.0935. The SMILES string of the molecule is Cc1cc(C)c(/C=C2\SC(=Nc3ccccc3)NC2=O)c(C)c1. The molecule has 3 rings (SSSR count). The molecule has 1 saturated heterocycles. The Hall–Kier alpha value is -2.33. The molecule has 0 saturated carbocycles. The highest BCUT2D eigenvalue weighted by Crippen LogP contribution is 2.30. The summed E-state index contributed by atoms with van der Waals surface area (Å²) in [4.78, 5) is 17.3. The molecule has 116 valence electrons. The molecule has 1 aliphatic rings. The van der Waals surface area contributed by atoms with Crippen LogP contribution in [0.15, 0.2) is 52.4 Å². The first-order valence-corrected chi connectivity index (χ1v) is 8.27. The van der Waals surface area contributed by atoms with Gasteiger partial charge in [0.15, 0.2) is 5.17 Å². The summed E-state index contributed by atoms with van der Waals surface area (Å²) in [5, 5.41) is 3.45. The molecule has 1 fully saturated rings. The van der Waals surface area contributed by atoms with Gasteiger partial charge in [-0.25, -0.2) is 4.99 Å². The second-order valence-electron chi connectivity index (χ2n) is 5.63. The first kappa shape index (κ1) is 15.6. The number of carbonyl (C=O) groups is 1. The molecule has 0 spiro atoms. The van der Waals surface area contributed by atoms with Crippen molar-refractivity contribution < 1.29 is 4.79 Å². The van der Waals surface area contributed by atoms with E-state index in [0.717, 1.165) is 11.3 Å². The average molecular weight is 322 g/mol. The maximum absolute atomic E-state index is 12.2. The Morgan fingerprint density at radius 1 is 1.04 bits per heavy atom. The van der Waals surface area contributed by atoms with Crippen LogP contribution in [0, 0.1) is 20.8 Å². The molecule has 3 nitrogen and oxygen atoms in total. The van der Waals surface area contributed by atoms with Crippen molar-refractivity contribution >= 4 is 34.6 Å². The number of para-hydroxylation sites is 1. The number of hydrogen-bond donors (Lipinski definition) is 1. The average Bonchev–Trinajstić information content (AvgIpc) is 2.83. The maximum Gasteiger partial charge on any atom is 0.264 e. The van der Waals surface area contributed by atoms with Crippen LogP contribution in [0.1, 0.15) is 22.3 Å². The van der Waals surface area contributed by atoms with Gasteiger partial charge in [-0.3, -0.25) is 4.79 Å². The number of amides is 1. The Bertz CT molecular complexity index is 800. The van der Waals surface area contributed by atoms with Crippen LogP contribution in [0.5, 0.6) is 0 Å². The molecule has 1 N–H and O–H groups in total. The Labute approximate surface area is 140 Å². The normalized spacial score (nSPS) is 17.8. The van der Waals surface area contributed by atoms with Gasteiger partial charge in [-0.15, -0.1) is 0 Å². The number of nitrogens with one attached hydrogen (secondary N) is 1. The van der Waals surface area contributed by atoms with E-state index < -0.39 is 0 Å². The Balaban J connectivity index is 1.91. The number of amidine groups is 1. The summed E-state index contributed by atoms with van der Waals surface area (Å²) in [5.41, 5.74) is 5.53. The van der Waals surface area contributed by atoms with Crippen molar-refractivity contribution in [3.63, 3.8) is 0 Å². The molecular weight excluding hydrogens is 304 g/mol. The standard InChI is InChI=1S/C19H18N2OS/c1-12-9-13(2)16(14(3)10-12)11-17-18(22)21-19(23-17)20-15-7-5-4-6-8-15/h4-11H,1-3H3,(H,20,21,22)/b17-11-. The molecule has 4 heteroatoms. The quantitative estimate of drug-likeness (QED) is 0.827. The van der Waals surface area contributed by atoms with E-state index in [-0.39, 0.29) is 5.91 Å². The van der Waals surface area contributed by atoms with Gasteiger partial charge in [-0.1, -0.05) is 35.9 Å². The Kier molecular flexibility index (Phi) is 4.35. The minimum Gasteiger partial charge on any atom is -0.300 e. The molecular formula is C19H18N2OS. The van der Waals surface area contributed by atoms with E-state index in [1.54, 1.807) is 0 Å². The number of aryl methyl sites for hydroxylation is 3. The Morgan fingerprint density at radius 2 is 1.70 bits per heavy atom. The number of nitrogens with zero attached hydrogens (tertiary/aromatic N) is 1. The van der Waals surface area contributed by atoms with E-state index in [1.807, 2.05) is 36.4 Å². The maximum atomic E-state index is 12.2. The fraction of sp³-hybridized carbons (Fsp3) is 0.158. The number of hydrogen-bond acceptors (Lipinski definition) is 3. The van der Waals surface area contributed by atoms with Crippen LogP contribution in [0.3, 0.4) is 0 Å². The first-order valence-electron chi connectivity index (χ1n) is 7.45. The largest absolute Gasteiger partial charge is 0.300 e. The zero-order chi connectivity index (χ0) is 16.4. The van der Waals surface area contributed by atoms with Gasteiger partial charge in [0.25, 0.3) is 5.91 Å². The van der Waals surface area contributed by atoms with Crippen molar-refractivity contribution in [1.29, 1.82) is 0 Å². The fourth-order valence-electron chi connectivity index (χ4n) is 2.65. The van der Waals surface area contributed by atoms with Crippen LogP contribution in [-0.2, 0) is 4.79 Å². The highest BCUT2D eigenvalue weighted by atomic mass is 32.2. The van der Waals surface area contributed by atoms with E-state index in [4.69, 9.17) is 0 Å². The van der Waals surface area contributed by atoms with Gasteiger partial charge in [0, 0.05) is 0 Å². The van der Waals surface area contributed by atoms with Gasteiger partial charge in [0.2, 0.25) is 0 Å². The third-order valence-corrected chi connectivity index (χ3v) is 4.56. The summed E-state index contributed by atoms with van der Waals surface area (Å²) < 4.78 is 0. The minimum absolute atomic E-state index is 0.0935. The molecule has 0 radical (unpaired) electrons. The molecule has 0 aliphatic carbocycles. The van der Waals surface area contributed by atoms with E-state index in [9.17, 15) is 4.79 Å². The molecule has 23 heavy (non-hydrogen) atoms. The van der Waals surface area contributed by atoms with Crippen LogP contribution in [0.25, 0.3) is 6.08 Å². The van der Waals surface area contributed by atoms with E-state index in [2.05, 4.69) is 43.2 Å². The number of carbonyl (C=O) groups excluding carboxylic acids is 1. The molecule has 0 atom stereocenters. The predicted molar refractivity (Wildman–Crippen MR) is 97.9 cm³/mol. The zero-order valence-electron chi connectivity index (χ0n) is 13.4. The van der Waals surface area contributed by atoms with E-state index in [1.165, 1.54) is 28.5 Å². The van der Waals surface area contributed by atoms with Crippen LogP contribution >= 0.6 is 11.8 Å². The van der Waals surface area contributed by atoms with Crippen LogP contribution in [-0.4, -0.2) is 11.1 Å². The van der Waals surface area contributed by atoms with Gasteiger partial charge >= 0.3 is 0 Å². The first-order chi connectivity index (χ1) is 11.0. The molecule has 0 unspecified atom stereocenters.